The van der Waals surface area contributed by atoms with Crippen molar-refractivity contribution in [3.63, 3.8) is 0 Å². The number of nitrogens with one attached hydrogen (secondary N) is 1. The summed E-state index contributed by atoms with van der Waals surface area (Å²) in [6, 6.07) is 16.7. The Morgan fingerprint density at radius 3 is 2.33 bits per heavy atom. The van der Waals surface area contributed by atoms with E-state index in [2.05, 4.69) is 5.32 Å². The van der Waals surface area contributed by atoms with Gasteiger partial charge in [-0.2, -0.15) is 0 Å². The lowest BCUT2D eigenvalue weighted by Gasteiger charge is -2.24. The Morgan fingerprint density at radius 1 is 0.963 bits per heavy atom. The molecule has 0 unspecified atom stereocenters. The van der Waals surface area contributed by atoms with Crippen molar-refractivity contribution in [2.45, 2.75) is 11.3 Å². The molecule has 0 saturated heterocycles. The first-order valence-electron chi connectivity index (χ1n) is 8.53. The Balaban J connectivity index is 1.88. The van der Waals surface area contributed by atoms with Gasteiger partial charge < -0.3 is 5.32 Å². The van der Waals surface area contributed by atoms with Crippen molar-refractivity contribution < 1.29 is 13.2 Å². The lowest BCUT2D eigenvalue weighted by atomic mass is 10.3. The molecule has 0 radical (unpaired) electrons. The van der Waals surface area contributed by atoms with Gasteiger partial charge in [0.1, 0.15) is 6.54 Å². The Morgan fingerprint density at radius 2 is 1.63 bits per heavy atom. The number of hydrogen-bond acceptors (Lipinski definition) is 3. The van der Waals surface area contributed by atoms with Crippen LogP contribution in [0.3, 0.4) is 0 Å². The quantitative estimate of drug-likeness (QED) is 0.835. The highest BCUT2D eigenvalue weighted by Crippen LogP contribution is 2.23. The molecule has 1 aliphatic rings. The van der Waals surface area contributed by atoms with Crippen LogP contribution in [0.25, 0.3) is 0 Å². The maximum absolute atomic E-state index is 13.1. The molecule has 0 spiro atoms. The summed E-state index contributed by atoms with van der Waals surface area (Å²) in [5, 5.41) is 2.76. The second kappa shape index (κ2) is 8.51. The molecule has 0 aliphatic heterocycles. The highest BCUT2D eigenvalue weighted by molar-refractivity contribution is 7.92. The average Bonchev–Trinajstić information content (AvgIpc) is 2.96. The van der Waals surface area contributed by atoms with Crippen LogP contribution in [0, 0.1) is 0 Å². The topological polar surface area (TPSA) is 66.5 Å². The maximum atomic E-state index is 13.1. The van der Waals surface area contributed by atoms with E-state index in [0.717, 1.165) is 10.7 Å². The van der Waals surface area contributed by atoms with Crippen molar-refractivity contribution in [3.05, 3.63) is 96.7 Å². The average molecular weight is 380 g/mol. The lowest BCUT2D eigenvalue weighted by Crippen LogP contribution is -2.40. The summed E-state index contributed by atoms with van der Waals surface area (Å²) in [6.45, 7) is -0.323. The molecular formula is C21H20N2O3S. The minimum Gasteiger partial charge on any atom is -0.325 e. The predicted molar refractivity (Wildman–Crippen MR) is 107 cm³/mol. The zero-order chi connectivity index (χ0) is 19.1. The molecule has 2 aromatic rings. The van der Waals surface area contributed by atoms with E-state index in [1.165, 1.54) is 12.1 Å². The molecule has 138 valence electrons. The predicted octanol–water partition coefficient (Wildman–Crippen LogP) is 3.40. The van der Waals surface area contributed by atoms with E-state index in [0.29, 0.717) is 11.4 Å². The van der Waals surface area contributed by atoms with E-state index >= 15 is 0 Å². The number of carbonyl (C=O) groups excluding carboxylic acids is 1. The molecule has 1 aliphatic carbocycles. The summed E-state index contributed by atoms with van der Waals surface area (Å²) in [5.74, 6) is -0.412. The second-order valence-corrected chi connectivity index (χ2v) is 7.76. The molecule has 1 N–H and O–H groups in total. The van der Waals surface area contributed by atoms with Crippen molar-refractivity contribution >= 4 is 21.6 Å². The van der Waals surface area contributed by atoms with E-state index in [1.54, 1.807) is 60.7 Å². The summed E-state index contributed by atoms with van der Waals surface area (Å²) in [4.78, 5) is 12.7. The van der Waals surface area contributed by atoms with Crippen molar-refractivity contribution in [3.8, 4) is 0 Å². The molecule has 0 bridgehead atoms. The summed E-state index contributed by atoms with van der Waals surface area (Å²) in [7, 11) is -3.88. The fourth-order valence-electron chi connectivity index (χ4n) is 2.62. The number of allylic oxidation sites excluding steroid dienone is 5. The Labute approximate surface area is 159 Å². The van der Waals surface area contributed by atoms with Gasteiger partial charge in [0, 0.05) is 5.70 Å². The number of sulfonamides is 1. The third-order valence-electron chi connectivity index (χ3n) is 3.93. The minimum absolute atomic E-state index is 0.137. The van der Waals surface area contributed by atoms with Crippen molar-refractivity contribution in [1.29, 1.82) is 0 Å². The summed E-state index contributed by atoms with van der Waals surface area (Å²) in [6.07, 6.45) is 10.1. The molecule has 27 heavy (non-hydrogen) atoms. The van der Waals surface area contributed by atoms with Gasteiger partial charge in [-0.25, -0.2) is 8.42 Å². The van der Waals surface area contributed by atoms with Gasteiger partial charge in [0.2, 0.25) is 5.91 Å². The van der Waals surface area contributed by atoms with Gasteiger partial charge >= 0.3 is 0 Å². The van der Waals surface area contributed by atoms with Gasteiger partial charge in [-0.15, -0.1) is 0 Å². The number of rotatable bonds is 6. The van der Waals surface area contributed by atoms with E-state index in [-0.39, 0.29) is 11.4 Å². The second-order valence-electron chi connectivity index (χ2n) is 5.90. The summed E-state index contributed by atoms with van der Waals surface area (Å²) in [5.41, 5.74) is 1.06. The van der Waals surface area contributed by atoms with Gasteiger partial charge in [0.05, 0.1) is 10.6 Å². The fourth-order valence-corrected chi connectivity index (χ4v) is 4.06. The number of carbonyl (C=O) groups is 1. The van der Waals surface area contributed by atoms with Gasteiger partial charge in [0.25, 0.3) is 10.0 Å². The molecule has 0 aromatic heterocycles. The van der Waals surface area contributed by atoms with Gasteiger partial charge in [0.15, 0.2) is 0 Å². The highest BCUT2D eigenvalue weighted by atomic mass is 32.2. The number of para-hydroxylation sites is 1. The molecule has 6 heteroatoms. The standard InChI is InChI=1S/C21H20N2O3S/c24-21(22-18-11-5-1-2-6-12-18)17-23(19-13-7-3-8-14-19)27(25,26)20-15-9-4-10-16-20/h1,3-16H,2,17H2,(H,22,24). The normalized spacial score (nSPS) is 13.6. The van der Waals surface area contributed by atoms with Crippen LogP contribution < -0.4 is 9.62 Å². The Bertz CT molecular complexity index is 979. The molecule has 3 rings (SSSR count). The Kier molecular flexibility index (Phi) is 5.88. The first-order valence-corrected chi connectivity index (χ1v) is 9.97. The number of anilines is 1. The van der Waals surface area contributed by atoms with Crippen LogP contribution in [-0.2, 0) is 14.8 Å². The third-order valence-corrected chi connectivity index (χ3v) is 5.72. The smallest absolute Gasteiger partial charge is 0.264 e. The molecule has 2 aromatic carbocycles. The highest BCUT2D eigenvalue weighted by Gasteiger charge is 2.27. The van der Waals surface area contributed by atoms with Crippen LogP contribution >= 0.6 is 0 Å². The van der Waals surface area contributed by atoms with E-state index in [4.69, 9.17) is 0 Å². The monoisotopic (exact) mass is 380 g/mol. The number of nitrogens with zero attached hydrogens (tertiary/aromatic N) is 1. The minimum atomic E-state index is -3.88. The first-order chi connectivity index (χ1) is 13.1. The van der Waals surface area contributed by atoms with Crippen molar-refractivity contribution in [1.82, 2.24) is 5.32 Å². The van der Waals surface area contributed by atoms with E-state index in [1.807, 2.05) is 18.2 Å². The Hall–Kier alpha value is -3.12. The fraction of sp³-hybridized carbons (Fsp3) is 0.0952. The first kappa shape index (κ1) is 18.7. The largest absolute Gasteiger partial charge is 0.325 e. The van der Waals surface area contributed by atoms with Crippen LogP contribution in [0.2, 0.25) is 0 Å². The molecule has 0 atom stereocenters. The van der Waals surface area contributed by atoms with Crippen molar-refractivity contribution in [2.75, 3.05) is 10.8 Å². The maximum Gasteiger partial charge on any atom is 0.264 e. The lowest BCUT2D eigenvalue weighted by molar-refractivity contribution is -0.118. The van der Waals surface area contributed by atoms with Crippen LogP contribution in [0.5, 0.6) is 0 Å². The zero-order valence-electron chi connectivity index (χ0n) is 14.7. The molecule has 5 nitrogen and oxygen atoms in total. The van der Waals surface area contributed by atoms with Crippen LogP contribution in [0.15, 0.2) is 102 Å². The number of amides is 1. The molecule has 0 heterocycles. The molecule has 0 saturated carbocycles. The molecule has 0 fully saturated rings. The van der Waals surface area contributed by atoms with E-state index < -0.39 is 15.9 Å². The SMILES string of the molecule is O=C(CN(c1ccccc1)S(=O)(=O)c1ccccc1)NC1=CC=CCC=C1. The van der Waals surface area contributed by atoms with Crippen LogP contribution in [0.1, 0.15) is 6.42 Å². The van der Waals surface area contributed by atoms with Crippen LogP contribution in [-0.4, -0.2) is 20.9 Å². The van der Waals surface area contributed by atoms with Gasteiger partial charge in [-0.1, -0.05) is 54.6 Å². The zero-order valence-corrected chi connectivity index (χ0v) is 15.5. The number of benzene rings is 2. The van der Waals surface area contributed by atoms with Crippen LogP contribution in [0.4, 0.5) is 5.69 Å². The van der Waals surface area contributed by atoms with Gasteiger partial charge in [-0.3, -0.25) is 9.10 Å². The molecule has 1 amide bonds. The number of hydrogen-bond donors (Lipinski definition) is 1. The van der Waals surface area contributed by atoms with E-state index in [9.17, 15) is 13.2 Å². The summed E-state index contributed by atoms with van der Waals surface area (Å²) >= 11 is 0. The van der Waals surface area contributed by atoms with Gasteiger partial charge in [-0.05, 0) is 42.8 Å². The third kappa shape index (κ3) is 4.74. The summed E-state index contributed by atoms with van der Waals surface area (Å²) < 4.78 is 27.4. The molecular weight excluding hydrogens is 360 g/mol. The van der Waals surface area contributed by atoms with Crippen molar-refractivity contribution in [2.24, 2.45) is 0 Å².